The number of benzene rings is 1. The highest BCUT2D eigenvalue weighted by Crippen LogP contribution is 2.21. The van der Waals surface area contributed by atoms with Gasteiger partial charge in [-0.3, -0.25) is 4.79 Å². The number of nitrogens with two attached hydrogens (primary N) is 1. The van der Waals surface area contributed by atoms with Crippen LogP contribution in [0.5, 0.6) is 0 Å². The summed E-state index contributed by atoms with van der Waals surface area (Å²) in [6, 6.07) is 8.00. The fourth-order valence-corrected chi connectivity index (χ4v) is 2.79. The van der Waals surface area contributed by atoms with E-state index in [1.54, 1.807) is 0 Å². The Balaban J connectivity index is 0.00000200. The summed E-state index contributed by atoms with van der Waals surface area (Å²) < 4.78 is 0. The second-order valence-corrected chi connectivity index (χ2v) is 5.39. The molecule has 0 aromatic heterocycles. The normalized spacial score (nSPS) is 18.5. The van der Waals surface area contributed by atoms with Gasteiger partial charge >= 0.3 is 0 Å². The van der Waals surface area contributed by atoms with Crippen LogP contribution in [0.4, 0.5) is 0 Å². The minimum Gasteiger partial charge on any atom is -0.338 e. The van der Waals surface area contributed by atoms with Gasteiger partial charge < -0.3 is 10.6 Å². The molecule has 0 spiro atoms. The van der Waals surface area contributed by atoms with Gasteiger partial charge in [-0.15, -0.1) is 12.4 Å². The molecular weight excluding hydrogens is 272 g/mol. The van der Waals surface area contributed by atoms with Crippen molar-refractivity contribution in [3.05, 3.63) is 35.4 Å². The highest BCUT2D eigenvalue weighted by Gasteiger charge is 2.23. The molecule has 0 aliphatic carbocycles. The van der Waals surface area contributed by atoms with Gasteiger partial charge in [0.1, 0.15) is 0 Å². The molecule has 1 aliphatic rings. The molecule has 1 fully saturated rings. The topological polar surface area (TPSA) is 46.3 Å². The molecule has 1 aliphatic heterocycles. The Morgan fingerprint density at radius 1 is 1.35 bits per heavy atom. The Bertz CT molecular complexity index is 417. The molecule has 1 amide bonds. The van der Waals surface area contributed by atoms with Crippen LogP contribution >= 0.6 is 12.4 Å². The third kappa shape index (κ3) is 4.22. The first-order chi connectivity index (χ1) is 9.24. The first kappa shape index (κ1) is 17.0. The van der Waals surface area contributed by atoms with Gasteiger partial charge in [-0.25, -0.2) is 0 Å². The quantitative estimate of drug-likeness (QED) is 0.928. The number of piperidine rings is 1. The molecule has 1 saturated heterocycles. The molecule has 20 heavy (non-hydrogen) atoms. The standard InChI is InChI=1S/C16H24N2O.ClH/c1-2-13-5-7-15(8-6-13)16(19)18-11-3-4-14(12-18)9-10-17;/h5-8,14H,2-4,9-12,17H2,1H3;1H. The van der Waals surface area contributed by atoms with Gasteiger partial charge in [0.25, 0.3) is 5.91 Å². The first-order valence-electron chi connectivity index (χ1n) is 7.33. The molecule has 1 aromatic rings. The van der Waals surface area contributed by atoms with Crippen molar-refractivity contribution in [1.82, 2.24) is 4.90 Å². The van der Waals surface area contributed by atoms with E-state index in [1.807, 2.05) is 17.0 Å². The van der Waals surface area contributed by atoms with E-state index in [1.165, 1.54) is 12.0 Å². The smallest absolute Gasteiger partial charge is 0.253 e. The van der Waals surface area contributed by atoms with Crippen LogP contribution in [-0.2, 0) is 6.42 Å². The Morgan fingerprint density at radius 3 is 2.65 bits per heavy atom. The first-order valence-corrected chi connectivity index (χ1v) is 7.33. The maximum absolute atomic E-state index is 12.4. The van der Waals surface area contributed by atoms with Crippen molar-refractivity contribution >= 4 is 18.3 Å². The van der Waals surface area contributed by atoms with E-state index in [-0.39, 0.29) is 18.3 Å². The Morgan fingerprint density at radius 2 is 2.05 bits per heavy atom. The lowest BCUT2D eigenvalue weighted by Crippen LogP contribution is -2.40. The third-order valence-electron chi connectivity index (χ3n) is 3.99. The van der Waals surface area contributed by atoms with Crippen molar-refractivity contribution in [1.29, 1.82) is 0 Å². The molecule has 1 heterocycles. The average Bonchev–Trinajstić information content (AvgIpc) is 2.47. The molecule has 2 N–H and O–H groups in total. The van der Waals surface area contributed by atoms with Crippen LogP contribution in [0.2, 0.25) is 0 Å². The van der Waals surface area contributed by atoms with E-state index in [2.05, 4.69) is 19.1 Å². The zero-order valence-electron chi connectivity index (χ0n) is 12.2. The van der Waals surface area contributed by atoms with E-state index in [4.69, 9.17) is 5.73 Å². The summed E-state index contributed by atoms with van der Waals surface area (Å²) in [5.41, 5.74) is 7.71. The Labute approximate surface area is 127 Å². The van der Waals surface area contributed by atoms with E-state index < -0.39 is 0 Å². The molecule has 1 aromatic carbocycles. The lowest BCUT2D eigenvalue weighted by molar-refractivity contribution is 0.0669. The maximum atomic E-state index is 12.4. The third-order valence-corrected chi connectivity index (χ3v) is 3.99. The molecule has 2 rings (SSSR count). The fourth-order valence-electron chi connectivity index (χ4n) is 2.79. The Hall–Kier alpha value is -1.06. The summed E-state index contributed by atoms with van der Waals surface area (Å²) in [4.78, 5) is 14.4. The molecule has 1 atom stereocenters. The van der Waals surface area contributed by atoms with Crippen LogP contribution in [0.25, 0.3) is 0 Å². The zero-order valence-corrected chi connectivity index (χ0v) is 13.0. The van der Waals surface area contributed by atoms with Crippen molar-refractivity contribution in [2.75, 3.05) is 19.6 Å². The van der Waals surface area contributed by atoms with Crippen LogP contribution in [-0.4, -0.2) is 30.4 Å². The number of carbonyl (C=O) groups is 1. The van der Waals surface area contributed by atoms with Gasteiger partial charge in [0.2, 0.25) is 0 Å². The highest BCUT2D eigenvalue weighted by atomic mass is 35.5. The molecule has 0 saturated carbocycles. The highest BCUT2D eigenvalue weighted by molar-refractivity contribution is 5.94. The SMILES string of the molecule is CCc1ccc(C(=O)N2CCCC(CCN)C2)cc1.Cl. The van der Waals surface area contributed by atoms with Crippen LogP contribution in [0.1, 0.15) is 42.1 Å². The van der Waals surface area contributed by atoms with Crippen molar-refractivity contribution in [2.45, 2.75) is 32.6 Å². The van der Waals surface area contributed by atoms with Gasteiger partial charge in [0.15, 0.2) is 0 Å². The summed E-state index contributed by atoms with van der Waals surface area (Å²) >= 11 is 0. The monoisotopic (exact) mass is 296 g/mol. The van der Waals surface area contributed by atoms with Gasteiger partial charge in [0, 0.05) is 18.7 Å². The van der Waals surface area contributed by atoms with Gasteiger partial charge in [-0.2, -0.15) is 0 Å². The second-order valence-electron chi connectivity index (χ2n) is 5.39. The number of rotatable bonds is 4. The van der Waals surface area contributed by atoms with Gasteiger partial charge in [0.05, 0.1) is 0 Å². The van der Waals surface area contributed by atoms with E-state index in [0.717, 1.165) is 44.5 Å². The zero-order chi connectivity index (χ0) is 13.7. The van der Waals surface area contributed by atoms with E-state index >= 15 is 0 Å². The second kappa shape index (κ2) is 8.28. The summed E-state index contributed by atoms with van der Waals surface area (Å²) in [7, 11) is 0. The summed E-state index contributed by atoms with van der Waals surface area (Å²) in [6.45, 7) is 4.60. The maximum Gasteiger partial charge on any atom is 0.253 e. The number of carbonyl (C=O) groups excluding carboxylic acids is 1. The summed E-state index contributed by atoms with van der Waals surface area (Å²) in [5.74, 6) is 0.752. The number of hydrogen-bond donors (Lipinski definition) is 1. The molecule has 112 valence electrons. The van der Waals surface area contributed by atoms with Crippen molar-refractivity contribution in [3.63, 3.8) is 0 Å². The predicted octanol–water partition coefficient (Wildman–Crippen LogP) is 2.87. The van der Waals surface area contributed by atoms with Crippen molar-refractivity contribution in [3.8, 4) is 0 Å². The predicted molar refractivity (Wildman–Crippen MR) is 85.4 cm³/mol. The lowest BCUT2D eigenvalue weighted by Gasteiger charge is -2.32. The minimum atomic E-state index is 0. The summed E-state index contributed by atoms with van der Waals surface area (Å²) in [5, 5.41) is 0. The van der Waals surface area contributed by atoms with Crippen molar-refractivity contribution < 1.29 is 4.79 Å². The summed E-state index contributed by atoms with van der Waals surface area (Å²) in [6.07, 6.45) is 4.34. The van der Waals surface area contributed by atoms with Crippen LogP contribution in [0.15, 0.2) is 24.3 Å². The number of likely N-dealkylation sites (tertiary alicyclic amines) is 1. The lowest BCUT2D eigenvalue weighted by atomic mass is 9.94. The minimum absolute atomic E-state index is 0. The molecule has 4 heteroatoms. The van der Waals surface area contributed by atoms with E-state index in [9.17, 15) is 4.79 Å². The molecular formula is C16H25ClN2O. The molecule has 0 radical (unpaired) electrons. The number of halogens is 1. The van der Waals surface area contributed by atoms with Crippen molar-refractivity contribution in [2.24, 2.45) is 11.7 Å². The Kier molecular flexibility index (Phi) is 7.03. The largest absolute Gasteiger partial charge is 0.338 e. The van der Waals surface area contributed by atoms with E-state index in [0.29, 0.717) is 5.92 Å². The molecule has 0 bridgehead atoms. The van der Waals surface area contributed by atoms with Crippen LogP contribution in [0.3, 0.4) is 0 Å². The fraction of sp³-hybridized carbons (Fsp3) is 0.562. The van der Waals surface area contributed by atoms with Gasteiger partial charge in [-0.05, 0) is 55.8 Å². The van der Waals surface area contributed by atoms with Crippen LogP contribution in [0, 0.1) is 5.92 Å². The molecule has 1 unspecified atom stereocenters. The number of aryl methyl sites for hydroxylation is 1. The van der Waals surface area contributed by atoms with Crippen LogP contribution < -0.4 is 5.73 Å². The molecule has 3 nitrogen and oxygen atoms in total. The van der Waals surface area contributed by atoms with Gasteiger partial charge in [-0.1, -0.05) is 19.1 Å². The number of nitrogens with zero attached hydrogens (tertiary/aromatic N) is 1. The number of hydrogen-bond acceptors (Lipinski definition) is 2. The number of amides is 1. The average molecular weight is 297 g/mol.